The predicted molar refractivity (Wildman–Crippen MR) is 62.7 cm³/mol. The molecule has 7 N–H and O–H groups in total. The Balaban J connectivity index is 6.10. The third kappa shape index (κ3) is 4.60. The Hall–Kier alpha value is -1.29. The van der Waals surface area contributed by atoms with Gasteiger partial charge in [-0.1, -0.05) is 0 Å². The minimum atomic E-state index is -5.77. The Bertz CT molecular complexity index is 542. The summed E-state index contributed by atoms with van der Waals surface area (Å²) in [6.45, 7) is 0. The molecule has 0 heterocycles. The van der Waals surface area contributed by atoms with Gasteiger partial charge in [-0.2, -0.15) is 0 Å². The molecule has 2 unspecified atom stereocenters. The van der Waals surface area contributed by atoms with Gasteiger partial charge in [0, 0.05) is 6.42 Å². The van der Waals surface area contributed by atoms with Gasteiger partial charge in [-0.25, -0.2) is 0 Å². The van der Waals surface area contributed by atoms with E-state index in [1.807, 2.05) is 0 Å². The molecule has 21 heavy (non-hydrogen) atoms. The van der Waals surface area contributed by atoms with Gasteiger partial charge >= 0.3 is 33.1 Å². The summed E-state index contributed by atoms with van der Waals surface area (Å²) in [6, 6.07) is 0. The topological polar surface area (TPSA) is 227 Å². The van der Waals surface area contributed by atoms with Crippen LogP contribution in [-0.4, -0.2) is 63.6 Å². The van der Waals surface area contributed by atoms with Crippen molar-refractivity contribution in [3.05, 3.63) is 0 Å². The molecule has 0 fully saturated rings. The predicted octanol–water partition coefficient (Wildman–Crippen LogP) is -1.52. The quantitative estimate of drug-likeness (QED) is 0.248. The minimum absolute atomic E-state index is 1.71. The molecule has 0 saturated heterocycles. The fourth-order valence-corrected chi connectivity index (χ4v) is 3.49. The van der Waals surface area contributed by atoms with Gasteiger partial charge in [0.25, 0.3) is 0 Å². The summed E-state index contributed by atoms with van der Waals surface area (Å²) in [5.74, 6) is -6.58. The third-order valence-corrected chi connectivity index (χ3v) is 5.48. The molecule has 122 valence electrons. The maximum atomic E-state index is 11.3. The van der Waals surface area contributed by atoms with Gasteiger partial charge in [-0.3, -0.25) is 23.5 Å². The van der Waals surface area contributed by atoms with Gasteiger partial charge in [0.1, 0.15) is 0 Å². The SMILES string of the molecule is O=C(O)CC(CC(C(=O)O)P(=O)(O)O)(C(=O)O)P(=O)(O)O. The standard InChI is InChI=1S/C7H12O12P2/c8-4(9)2-7(6(12)13,21(17,18)19)1-3(5(10)11)20(14,15)16/h3H,1-2H2,(H,8,9)(H,10,11)(H,12,13)(H2,14,15,16)(H2,17,18,19). The second kappa shape index (κ2) is 6.22. The van der Waals surface area contributed by atoms with E-state index in [1.54, 1.807) is 0 Å². The lowest BCUT2D eigenvalue weighted by Crippen LogP contribution is -2.45. The monoisotopic (exact) mass is 350 g/mol. The minimum Gasteiger partial charge on any atom is -0.481 e. The van der Waals surface area contributed by atoms with Gasteiger partial charge in [0.05, 0.1) is 6.42 Å². The van der Waals surface area contributed by atoms with E-state index in [-0.39, 0.29) is 0 Å². The molecule has 0 rings (SSSR count). The van der Waals surface area contributed by atoms with Crippen LogP contribution in [0, 0.1) is 0 Å². The van der Waals surface area contributed by atoms with Gasteiger partial charge in [-0.15, -0.1) is 0 Å². The number of aliphatic carboxylic acids is 3. The molecule has 12 nitrogen and oxygen atoms in total. The van der Waals surface area contributed by atoms with Crippen LogP contribution in [0.4, 0.5) is 0 Å². The van der Waals surface area contributed by atoms with Crippen molar-refractivity contribution in [2.45, 2.75) is 23.7 Å². The van der Waals surface area contributed by atoms with Crippen LogP contribution < -0.4 is 0 Å². The molecule has 14 heteroatoms. The molecular weight excluding hydrogens is 338 g/mol. The molecule has 0 saturated carbocycles. The summed E-state index contributed by atoms with van der Waals surface area (Å²) >= 11 is 0. The molecular formula is C7H12O12P2. The highest BCUT2D eigenvalue weighted by atomic mass is 31.2. The Morgan fingerprint density at radius 1 is 0.952 bits per heavy atom. The average Bonchev–Trinajstić information content (AvgIpc) is 2.18. The van der Waals surface area contributed by atoms with E-state index in [0.29, 0.717) is 0 Å². The van der Waals surface area contributed by atoms with Crippen LogP contribution in [-0.2, 0) is 23.5 Å². The molecule has 0 aliphatic heterocycles. The second-order valence-electron chi connectivity index (χ2n) is 4.10. The van der Waals surface area contributed by atoms with Crippen LogP contribution in [0.25, 0.3) is 0 Å². The first-order valence-corrected chi connectivity index (χ1v) is 8.23. The van der Waals surface area contributed by atoms with E-state index < -0.39 is 56.8 Å². The van der Waals surface area contributed by atoms with E-state index in [4.69, 9.17) is 34.9 Å². The van der Waals surface area contributed by atoms with Gasteiger partial charge < -0.3 is 34.9 Å². The van der Waals surface area contributed by atoms with Gasteiger partial charge in [0.15, 0.2) is 10.8 Å². The van der Waals surface area contributed by atoms with Crippen LogP contribution in [0.2, 0.25) is 0 Å². The zero-order valence-electron chi connectivity index (χ0n) is 10.1. The lowest BCUT2D eigenvalue weighted by molar-refractivity contribution is -0.148. The molecule has 0 radical (unpaired) electrons. The van der Waals surface area contributed by atoms with Crippen molar-refractivity contribution < 1.29 is 58.4 Å². The Morgan fingerprint density at radius 2 is 1.38 bits per heavy atom. The summed E-state index contributed by atoms with van der Waals surface area (Å²) in [7, 11) is -11.2. The average molecular weight is 350 g/mol. The Morgan fingerprint density at radius 3 is 1.57 bits per heavy atom. The largest absolute Gasteiger partial charge is 0.481 e. The van der Waals surface area contributed by atoms with Crippen LogP contribution >= 0.6 is 15.2 Å². The van der Waals surface area contributed by atoms with Gasteiger partial charge in [0.2, 0.25) is 0 Å². The molecule has 0 bridgehead atoms. The number of rotatable bonds is 8. The Kier molecular flexibility index (Phi) is 5.84. The van der Waals surface area contributed by atoms with Crippen LogP contribution in [0.3, 0.4) is 0 Å². The molecule has 0 aromatic heterocycles. The number of hydrogen-bond donors (Lipinski definition) is 7. The van der Waals surface area contributed by atoms with Crippen LogP contribution in [0.15, 0.2) is 0 Å². The summed E-state index contributed by atoms with van der Waals surface area (Å²) in [5.41, 5.74) is -2.78. The maximum Gasteiger partial charge on any atom is 0.343 e. The molecule has 0 amide bonds. The first kappa shape index (κ1) is 19.7. The highest BCUT2D eigenvalue weighted by Crippen LogP contribution is 2.58. The van der Waals surface area contributed by atoms with Crippen molar-refractivity contribution in [1.29, 1.82) is 0 Å². The molecule has 0 aromatic rings. The zero-order chi connectivity index (χ0) is 17.2. The number of carboxylic acids is 3. The highest BCUT2D eigenvalue weighted by molar-refractivity contribution is 7.55. The Labute approximate surface area is 116 Å². The molecule has 2 atom stereocenters. The first-order chi connectivity index (χ1) is 9.15. The number of carboxylic acid groups (broad SMARTS) is 3. The lowest BCUT2D eigenvalue weighted by atomic mass is 9.98. The smallest absolute Gasteiger partial charge is 0.343 e. The van der Waals surface area contributed by atoms with Crippen LogP contribution in [0.1, 0.15) is 12.8 Å². The number of carbonyl (C=O) groups is 3. The normalized spacial score (nSPS) is 16.8. The highest BCUT2D eigenvalue weighted by Gasteiger charge is 2.59. The molecule has 0 spiro atoms. The second-order valence-corrected chi connectivity index (χ2v) is 7.84. The molecule has 0 aliphatic carbocycles. The van der Waals surface area contributed by atoms with Crippen molar-refractivity contribution in [3.63, 3.8) is 0 Å². The fraction of sp³-hybridized carbons (Fsp3) is 0.571. The van der Waals surface area contributed by atoms with E-state index in [9.17, 15) is 23.5 Å². The summed E-state index contributed by atoms with van der Waals surface area (Å²) < 4.78 is 22.3. The molecule has 0 aromatic carbocycles. The zero-order valence-corrected chi connectivity index (χ0v) is 11.8. The van der Waals surface area contributed by atoms with Crippen molar-refractivity contribution in [2.75, 3.05) is 0 Å². The van der Waals surface area contributed by atoms with E-state index in [0.717, 1.165) is 0 Å². The maximum absolute atomic E-state index is 11.3. The first-order valence-electron chi connectivity index (χ1n) is 4.94. The fourth-order valence-electron chi connectivity index (χ4n) is 1.50. The van der Waals surface area contributed by atoms with Crippen molar-refractivity contribution in [1.82, 2.24) is 0 Å². The van der Waals surface area contributed by atoms with Crippen molar-refractivity contribution in [3.8, 4) is 0 Å². The summed E-state index contributed by atoms with van der Waals surface area (Å²) in [6.07, 6.45) is -3.46. The van der Waals surface area contributed by atoms with Crippen molar-refractivity contribution >= 4 is 33.1 Å². The summed E-state index contributed by atoms with van der Waals surface area (Å²) in [4.78, 5) is 68.3. The molecule has 0 aliphatic rings. The van der Waals surface area contributed by atoms with E-state index >= 15 is 0 Å². The van der Waals surface area contributed by atoms with Crippen molar-refractivity contribution in [2.24, 2.45) is 0 Å². The number of hydrogen-bond acceptors (Lipinski definition) is 5. The summed E-state index contributed by atoms with van der Waals surface area (Å²) in [5, 5.41) is 22.7. The van der Waals surface area contributed by atoms with Gasteiger partial charge in [-0.05, 0) is 0 Å². The lowest BCUT2D eigenvalue weighted by Gasteiger charge is -2.30. The van der Waals surface area contributed by atoms with E-state index in [1.165, 1.54) is 0 Å². The van der Waals surface area contributed by atoms with Crippen LogP contribution in [0.5, 0.6) is 0 Å². The van der Waals surface area contributed by atoms with E-state index in [2.05, 4.69) is 0 Å². The third-order valence-electron chi connectivity index (χ3n) is 2.62.